The molecular formula is C19H34N4O3S. The molecule has 0 spiro atoms. The molecule has 7 nitrogen and oxygen atoms in total. The molecule has 0 saturated heterocycles. The van der Waals surface area contributed by atoms with Crippen LogP contribution in [0.4, 0.5) is 0 Å². The number of hydrogen-bond acceptors (Lipinski definition) is 7. The number of ether oxygens (including phenoxy) is 1. The number of nitrogens with two attached hydrogens (primary N) is 1. The van der Waals surface area contributed by atoms with Crippen LogP contribution in [0.15, 0.2) is 50.9 Å². The van der Waals surface area contributed by atoms with Crippen LogP contribution < -0.4 is 11.1 Å². The molecule has 0 aliphatic rings. The standard InChI is InChI=1S/C15H22N4O3S.2C2H6/c1-3-18-10-13(15(17)19-11-14(16)22-4-2)23(20,21)12-8-6-5-7-9-12;2*1-2/h3,5-9,16,19H,4,10-11,17H2,1-2H3;2*1-2H3/b15-13+,16-14?,18-3?;;. The summed E-state index contributed by atoms with van der Waals surface area (Å²) in [5, 5.41) is 10.2. The fourth-order valence-corrected chi connectivity index (χ4v) is 3.14. The SMILES string of the molecule is CC.CC.CC=NC/C(=C(/N)NCC(=N)OCC)S(=O)(=O)c1ccccc1. The molecule has 0 radical (unpaired) electrons. The van der Waals surface area contributed by atoms with Crippen LogP contribution in [-0.2, 0) is 14.6 Å². The second-order valence-corrected chi connectivity index (χ2v) is 6.43. The summed E-state index contributed by atoms with van der Waals surface area (Å²) in [6, 6.07) is 8.02. The lowest BCUT2D eigenvalue weighted by atomic mass is 10.4. The first kappa shape index (κ1) is 26.9. The molecule has 4 N–H and O–H groups in total. The van der Waals surface area contributed by atoms with Gasteiger partial charge in [0.1, 0.15) is 10.7 Å². The first-order valence-electron chi connectivity index (χ1n) is 9.10. The van der Waals surface area contributed by atoms with Crippen molar-refractivity contribution in [2.24, 2.45) is 10.7 Å². The first-order chi connectivity index (χ1) is 12.9. The van der Waals surface area contributed by atoms with Crippen molar-refractivity contribution in [3.63, 3.8) is 0 Å². The summed E-state index contributed by atoms with van der Waals surface area (Å²) < 4.78 is 30.4. The van der Waals surface area contributed by atoms with Crippen LogP contribution in [0.3, 0.4) is 0 Å². The minimum atomic E-state index is -3.77. The van der Waals surface area contributed by atoms with Gasteiger partial charge in [-0.15, -0.1) is 0 Å². The second kappa shape index (κ2) is 15.9. The van der Waals surface area contributed by atoms with E-state index in [0.29, 0.717) is 6.61 Å². The molecule has 0 heterocycles. The average molecular weight is 399 g/mol. The van der Waals surface area contributed by atoms with E-state index in [4.69, 9.17) is 15.9 Å². The van der Waals surface area contributed by atoms with Crippen LogP contribution >= 0.6 is 0 Å². The van der Waals surface area contributed by atoms with Crippen molar-refractivity contribution in [1.82, 2.24) is 5.32 Å². The van der Waals surface area contributed by atoms with Crippen molar-refractivity contribution in [2.45, 2.75) is 46.4 Å². The van der Waals surface area contributed by atoms with E-state index in [9.17, 15) is 8.42 Å². The maximum atomic E-state index is 12.7. The molecule has 27 heavy (non-hydrogen) atoms. The van der Waals surface area contributed by atoms with Crippen LogP contribution in [0, 0.1) is 5.41 Å². The highest BCUT2D eigenvalue weighted by molar-refractivity contribution is 7.95. The van der Waals surface area contributed by atoms with E-state index in [1.165, 1.54) is 18.3 Å². The maximum Gasteiger partial charge on any atom is 0.208 e. The summed E-state index contributed by atoms with van der Waals surface area (Å²) in [6.07, 6.45) is 1.51. The Morgan fingerprint density at radius 1 is 1.22 bits per heavy atom. The summed E-state index contributed by atoms with van der Waals surface area (Å²) in [5.74, 6) is -0.0604. The van der Waals surface area contributed by atoms with Crippen molar-refractivity contribution in [2.75, 3.05) is 19.7 Å². The highest BCUT2D eigenvalue weighted by Crippen LogP contribution is 2.20. The molecule has 8 heteroatoms. The number of aliphatic imine (C=N–C) groups is 1. The Hall–Kier alpha value is -2.35. The third kappa shape index (κ3) is 9.79. The summed E-state index contributed by atoms with van der Waals surface area (Å²) in [7, 11) is -3.77. The minimum absolute atomic E-state index is 0.00330. The Kier molecular flexibility index (Phi) is 15.8. The van der Waals surface area contributed by atoms with E-state index < -0.39 is 9.84 Å². The first-order valence-corrected chi connectivity index (χ1v) is 10.6. The lowest BCUT2D eigenvalue weighted by Gasteiger charge is -2.13. The molecule has 0 aliphatic heterocycles. The molecule has 0 bridgehead atoms. The molecule has 0 saturated carbocycles. The van der Waals surface area contributed by atoms with Gasteiger partial charge < -0.3 is 15.8 Å². The van der Waals surface area contributed by atoms with Crippen LogP contribution in [0.2, 0.25) is 0 Å². The highest BCUT2D eigenvalue weighted by Gasteiger charge is 2.23. The lowest BCUT2D eigenvalue weighted by Crippen LogP contribution is -2.31. The number of nitrogens with zero attached hydrogens (tertiary/aromatic N) is 1. The zero-order valence-corrected chi connectivity index (χ0v) is 18.1. The van der Waals surface area contributed by atoms with Crippen molar-refractivity contribution in [1.29, 1.82) is 5.41 Å². The topological polar surface area (TPSA) is 118 Å². The molecule has 0 aliphatic carbocycles. The number of nitrogens with one attached hydrogen (secondary N) is 2. The van der Waals surface area contributed by atoms with Gasteiger partial charge in [-0.05, 0) is 32.2 Å². The lowest BCUT2D eigenvalue weighted by molar-refractivity contribution is 0.316. The average Bonchev–Trinajstić information content (AvgIpc) is 2.70. The molecule has 1 rings (SSSR count). The second-order valence-electron chi connectivity index (χ2n) is 4.46. The molecule has 1 aromatic rings. The largest absolute Gasteiger partial charge is 0.480 e. The van der Waals surface area contributed by atoms with Gasteiger partial charge in [-0.3, -0.25) is 10.4 Å². The quantitative estimate of drug-likeness (QED) is 0.458. The number of benzene rings is 1. The van der Waals surface area contributed by atoms with Gasteiger partial charge >= 0.3 is 0 Å². The molecule has 0 fully saturated rings. The van der Waals surface area contributed by atoms with Crippen LogP contribution in [0.5, 0.6) is 0 Å². The van der Waals surface area contributed by atoms with Crippen LogP contribution in [0.1, 0.15) is 41.5 Å². The smallest absolute Gasteiger partial charge is 0.208 e. The van der Waals surface area contributed by atoms with Crippen molar-refractivity contribution in [3.05, 3.63) is 41.1 Å². The summed E-state index contributed by atoms with van der Waals surface area (Å²) in [4.78, 5) is 4.09. The Bertz CT molecular complexity index is 684. The Balaban J connectivity index is 0. The van der Waals surface area contributed by atoms with Crippen molar-refractivity contribution >= 4 is 21.9 Å². The van der Waals surface area contributed by atoms with Gasteiger partial charge in [0.25, 0.3) is 0 Å². The van der Waals surface area contributed by atoms with Gasteiger partial charge in [-0.25, -0.2) is 8.42 Å². The maximum absolute atomic E-state index is 12.7. The van der Waals surface area contributed by atoms with Crippen molar-refractivity contribution in [3.8, 4) is 0 Å². The van der Waals surface area contributed by atoms with Gasteiger partial charge in [-0.1, -0.05) is 45.9 Å². The van der Waals surface area contributed by atoms with E-state index in [2.05, 4.69) is 10.3 Å². The van der Waals surface area contributed by atoms with Crippen molar-refractivity contribution < 1.29 is 13.2 Å². The van der Waals surface area contributed by atoms with E-state index in [1.54, 1.807) is 32.0 Å². The van der Waals surface area contributed by atoms with Gasteiger partial charge in [0.15, 0.2) is 5.90 Å². The van der Waals surface area contributed by atoms with E-state index >= 15 is 0 Å². The molecule has 0 amide bonds. The third-order valence-corrected chi connectivity index (χ3v) is 4.74. The van der Waals surface area contributed by atoms with Gasteiger partial charge in [0.2, 0.25) is 9.84 Å². The molecule has 154 valence electrons. The number of sulfone groups is 1. The Morgan fingerprint density at radius 2 is 1.78 bits per heavy atom. The van der Waals surface area contributed by atoms with Crippen LogP contribution in [-0.4, -0.2) is 40.2 Å². The summed E-state index contributed by atoms with van der Waals surface area (Å²) >= 11 is 0. The predicted octanol–water partition coefficient (Wildman–Crippen LogP) is 3.33. The zero-order valence-electron chi connectivity index (χ0n) is 17.2. The van der Waals surface area contributed by atoms with E-state index in [0.717, 1.165) is 0 Å². The summed E-state index contributed by atoms with van der Waals surface area (Å²) in [5.41, 5.74) is 5.89. The molecule has 0 atom stereocenters. The normalized spacial score (nSPS) is 11.3. The van der Waals surface area contributed by atoms with Gasteiger partial charge in [-0.2, -0.15) is 0 Å². The monoisotopic (exact) mass is 398 g/mol. The molecule has 0 aromatic heterocycles. The molecular weight excluding hydrogens is 364 g/mol. The predicted molar refractivity (Wildman–Crippen MR) is 114 cm³/mol. The number of hydrogen-bond donors (Lipinski definition) is 3. The molecule has 0 unspecified atom stereocenters. The Labute approximate surface area is 164 Å². The fraction of sp³-hybridized carbons (Fsp3) is 0.474. The number of rotatable bonds is 8. The van der Waals surface area contributed by atoms with Gasteiger partial charge in [0, 0.05) is 0 Å². The zero-order chi connectivity index (χ0) is 21.3. The Morgan fingerprint density at radius 3 is 2.26 bits per heavy atom. The molecule has 1 aromatic carbocycles. The highest BCUT2D eigenvalue weighted by atomic mass is 32.2. The van der Waals surface area contributed by atoms with Gasteiger partial charge in [0.05, 0.1) is 24.6 Å². The minimum Gasteiger partial charge on any atom is -0.480 e. The van der Waals surface area contributed by atoms with E-state index in [-0.39, 0.29) is 34.6 Å². The van der Waals surface area contributed by atoms with E-state index in [1.807, 2.05) is 27.7 Å². The summed E-state index contributed by atoms with van der Waals surface area (Å²) in [6.45, 7) is 11.7. The fourth-order valence-electron chi connectivity index (χ4n) is 1.73. The third-order valence-electron chi connectivity index (χ3n) is 2.85. The van der Waals surface area contributed by atoms with Crippen LogP contribution in [0.25, 0.3) is 0 Å².